The van der Waals surface area contributed by atoms with Gasteiger partial charge in [0.1, 0.15) is 5.82 Å². The third-order valence-corrected chi connectivity index (χ3v) is 3.82. The minimum atomic E-state index is -0.247. The van der Waals surface area contributed by atoms with Crippen molar-refractivity contribution in [2.45, 2.75) is 19.8 Å². The first-order valence-electron chi connectivity index (χ1n) is 7.68. The average Bonchev–Trinajstić information content (AvgIpc) is 2.96. The molecule has 0 aliphatic heterocycles. The van der Waals surface area contributed by atoms with Crippen molar-refractivity contribution in [2.75, 3.05) is 0 Å². The fourth-order valence-electron chi connectivity index (χ4n) is 2.72. The quantitative estimate of drug-likeness (QED) is 0.627. The molecule has 0 amide bonds. The van der Waals surface area contributed by atoms with Gasteiger partial charge in [-0.1, -0.05) is 44.7 Å². The molecular formula is C20H19FN2. The van der Waals surface area contributed by atoms with Gasteiger partial charge in [0.15, 0.2) is 0 Å². The van der Waals surface area contributed by atoms with Crippen molar-refractivity contribution in [3.8, 4) is 16.9 Å². The lowest BCUT2D eigenvalue weighted by atomic mass is 10.00. The molecule has 3 rings (SSSR count). The summed E-state index contributed by atoms with van der Waals surface area (Å²) in [4.78, 5) is 0. The van der Waals surface area contributed by atoms with E-state index in [0.717, 1.165) is 28.2 Å². The lowest BCUT2D eigenvalue weighted by Crippen LogP contribution is -2.00. The Hall–Kier alpha value is -2.68. The van der Waals surface area contributed by atoms with E-state index >= 15 is 0 Å². The molecule has 3 aromatic rings. The number of hydrogen-bond donors (Lipinski definition) is 0. The van der Waals surface area contributed by atoms with E-state index in [9.17, 15) is 4.39 Å². The Morgan fingerprint density at radius 2 is 1.70 bits per heavy atom. The van der Waals surface area contributed by atoms with E-state index in [1.54, 1.807) is 12.1 Å². The summed E-state index contributed by atoms with van der Waals surface area (Å²) in [6.45, 7) is 8.18. The van der Waals surface area contributed by atoms with Crippen molar-refractivity contribution >= 4 is 6.08 Å². The zero-order valence-corrected chi connectivity index (χ0v) is 13.3. The second-order valence-corrected chi connectivity index (χ2v) is 5.76. The van der Waals surface area contributed by atoms with Crippen LogP contribution in [-0.4, -0.2) is 9.78 Å². The molecule has 2 nitrogen and oxygen atoms in total. The summed E-state index contributed by atoms with van der Waals surface area (Å²) in [7, 11) is 0. The Bertz CT molecular complexity index is 815. The molecule has 0 unspecified atom stereocenters. The smallest absolute Gasteiger partial charge is 0.123 e. The zero-order chi connectivity index (χ0) is 16.4. The second kappa shape index (κ2) is 6.21. The van der Waals surface area contributed by atoms with Crippen LogP contribution >= 0.6 is 0 Å². The Morgan fingerprint density at radius 3 is 2.26 bits per heavy atom. The topological polar surface area (TPSA) is 17.8 Å². The average molecular weight is 306 g/mol. The SMILES string of the molecule is C=Cc1c(C(C)C)nn(-c2ccccc2)c1-c1ccc(F)cc1. The van der Waals surface area contributed by atoms with Crippen LogP contribution in [0.5, 0.6) is 0 Å². The fourth-order valence-corrected chi connectivity index (χ4v) is 2.72. The number of halogens is 1. The lowest BCUT2D eigenvalue weighted by Gasteiger charge is -2.09. The van der Waals surface area contributed by atoms with Gasteiger partial charge in [-0.15, -0.1) is 0 Å². The molecule has 0 bridgehead atoms. The first kappa shape index (κ1) is 15.2. The number of rotatable bonds is 4. The third kappa shape index (κ3) is 2.82. The van der Waals surface area contributed by atoms with Gasteiger partial charge in [-0.05, 0) is 42.3 Å². The molecule has 0 spiro atoms. The summed E-state index contributed by atoms with van der Waals surface area (Å²) >= 11 is 0. The van der Waals surface area contributed by atoms with Crippen LogP contribution in [0.3, 0.4) is 0 Å². The third-order valence-electron chi connectivity index (χ3n) is 3.82. The normalized spacial score (nSPS) is 11.0. The summed E-state index contributed by atoms with van der Waals surface area (Å²) in [5.74, 6) is 0.0240. The summed E-state index contributed by atoms with van der Waals surface area (Å²) in [5.41, 5.74) is 4.82. The number of nitrogens with zero attached hydrogens (tertiary/aromatic N) is 2. The van der Waals surface area contributed by atoms with Gasteiger partial charge in [0.05, 0.1) is 17.1 Å². The predicted molar refractivity (Wildman–Crippen MR) is 93.1 cm³/mol. The highest BCUT2D eigenvalue weighted by Gasteiger charge is 2.20. The summed E-state index contributed by atoms with van der Waals surface area (Å²) in [6.07, 6.45) is 1.83. The Labute approximate surface area is 135 Å². The molecule has 0 saturated carbocycles. The molecule has 0 atom stereocenters. The Kier molecular flexibility index (Phi) is 4.11. The highest BCUT2D eigenvalue weighted by Crippen LogP contribution is 2.33. The molecule has 1 heterocycles. The van der Waals surface area contributed by atoms with Gasteiger partial charge in [0, 0.05) is 11.1 Å². The molecular weight excluding hydrogens is 287 g/mol. The highest BCUT2D eigenvalue weighted by atomic mass is 19.1. The van der Waals surface area contributed by atoms with Crippen molar-refractivity contribution in [2.24, 2.45) is 0 Å². The van der Waals surface area contributed by atoms with Gasteiger partial charge in [-0.25, -0.2) is 9.07 Å². The van der Waals surface area contributed by atoms with Crippen LogP contribution in [0.4, 0.5) is 4.39 Å². The molecule has 2 aromatic carbocycles. The first-order chi connectivity index (χ1) is 11.1. The van der Waals surface area contributed by atoms with Crippen LogP contribution in [0.25, 0.3) is 23.0 Å². The molecule has 0 radical (unpaired) electrons. The van der Waals surface area contributed by atoms with E-state index in [2.05, 4.69) is 20.4 Å². The second-order valence-electron chi connectivity index (χ2n) is 5.76. The van der Waals surface area contributed by atoms with Crippen LogP contribution in [0.15, 0.2) is 61.2 Å². The maximum atomic E-state index is 13.3. The van der Waals surface area contributed by atoms with Crippen molar-refractivity contribution in [3.63, 3.8) is 0 Å². The van der Waals surface area contributed by atoms with E-state index in [0.29, 0.717) is 0 Å². The van der Waals surface area contributed by atoms with Crippen LogP contribution in [0.2, 0.25) is 0 Å². The standard InChI is InChI=1S/C20H19FN2/c1-4-18-19(14(2)3)22-23(17-8-6-5-7-9-17)20(18)15-10-12-16(21)13-11-15/h4-14H,1H2,2-3H3. The van der Waals surface area contributed by atoms with E-state index in [-0.39, 0.29) is 11.7 Å². The number of para-hydroxylation sites is 1. The molecule has 0 aliphatic rings. The Morgan fingerprint density at radius 1 is 1.04 bits per heavy atom. The minimum absolute atomic E-state index is 0.247. The van der Waals surface area contributed by atoms with Crippen molar-refractivity contribution in [1.29, 1.82) is 0 Å². The molecule has 0 fully saturated rings. The zero-order valence-electron chi connectivity index (χ0n) is 13.3. The monoisotopic (exact) mass is 306 g/mol. The first-order valence-corrected chi connectivity index (χ1v) is 7.68. The molecule has 0 aliphatic carbocycles. The fraction of sp³-hybridized carbons (Fsp3) is 0.150. The predicted octanol–water partition coefficient (Wildman–Crippen LogP) is 5.44. The van der Waals surface area contributed by atoms with Gasteiger partial charge in [0.25, 0.3) is 0 Å². The largest absolute Gasteiger partial charge is 0.232 e. The van der Waals surface area contributed by atoms with Crippen LogP contribution < -0.4 is 0 Å². The van der Waals surface area contributed by atoms with Gasteiger partial charge in [-0.3, -0.25) is 0 Å². The van der Waals surface area contributed by atoms with Crippen LogP contribution in [-0.2, 0) is 0 Å². The van der Waals surface area contributed by atoms with E-state index in [4.69, 9.17) is 5.10 Å². The van der Waals surface area contributed by atoms with Crippen molar-refractivity contribution in [1.82, 2.24) is 9.78 Å². The molecule has 0 saturated heterocycles. The molecule has 0 N–H and O–H groups in total. The number of aromatic nitrogens is 2. The molecule has 1 aromatic heterocycles. The lowest BCUT2D eigenvalue weighted by molar-refractivity contribution is 0.628. The minimum Gasteiger partial charge on any atom is -0.232 e. The van der Waals surface area contributed by atoms with E-state index in [1.165, 1.54) is 12.1 Å². The summed E-state index contributed by atoms with van der Waals surface area (Å²) < 4.78 is 15.2. The van der Waals surface area contributed by atoms with Gasteiger partial charge >= 0.3 is 0 Å². The van der Waals surface area contributed by atoms with Gasteiger partial charge in [-0.2, -0.15) is 5.10 Å². The molecule has 3 heteroatoms. The summed E-state index contributed by atoms with van der Waals surface area (Å²) in [6, 6.07) is 16.5. The maximum absolute atomic E-state index is 13.3. The van der Waals surface area contributed by atoms with E-state index in [1.807, 2.05) is 41.1 Å². The number of benzene rings is 2. The van der Waals surface area contributed by atoms with Gasteiger partial charge in [0.2, 0.25) is 0 Å². The summed E-state index contributed by atoms with van der Waals surface area (Å²) in [5, 5.41) is 4.80. The van der Waals surface area contributed by atoms with Crippen LogP contribution in [0, 0.1) is 5.82 Å². The molecule has 23 heavy (non-hydrogen) atoms. The number of hydrogen-bond acceptors (Lipinski definition) is 1. The maximum Gasteiger partial charge on any atom is 0.123 e. The Balaban J connectivity index is 2.30. The van der Waals surface area contributed by atoms with Gasteiger partial charge < -0.3 is 0 Å². The van der Waals surface area contributed by atoms with Crippen molar-refractivity contribution in [3.05, 3.63) is 78.3 Å². The van der Waals surface area contributed by atoms with Crippen molar-refractivity contribution < 1.29 is 4.39 Å². The molecule has 116 valence electrons. The highest BCUT2D eigenvalue weighted by molar-refractivity contribution is 5.75. The van der Waals surface area contributed by atoms with Crippen LogP contribution in [0.1, 0.15) is 31.0 Å². The van der Waals surface area contributed by atoms with E-state index < -0.39 is 0 Å².